The molecule has 0 bridgehead atoms. The molecule has 0 saturated carbocycles. The van der Waals surface area contributed by atoms with Crippen molar-refractivity contribution in [1.29, 1.82) is 0 Å². The topological polar surface area (TPSA) is 62.3 Å². The molecule has 2 amide bonds. The predicted octanol–water partition coefficient (Wildman–Crippen LogP) is 1.48. The number of rotatable bonds is 5. The molecule has 0 atom stereocenters. The first-order chi connectivity index (χ1) is 9.18. The molecule has 19 heavy (non-hydrogen) atoms. The first-order valence-electron chi connectivity index (χ1n) is 6.34. The fourth-order valence-corrected chi connectivity index (χ4v) is 2.27. The lowest BCUT2D eigenvalue weighted by Crippen LogP contribution is -2.30. The molecule has 0 unspecified atom stereocenters. The number of hydrogen-bond donors (Lipinski definition) is 1. The number of carbonyl (C=O) groups is 2. The van der Waals surface area contributed by atoms with E-state index in [1.54, 1.807) is 6.07 Å². The molecule has 1 N–H and O–H groups in total. The third-order valence-corrected chi connectivity index (χ3v) is 3.38. The van der Waals surface area contributed by atoms with Crippen LogP contribution >= 0.6 is 11.6 Å². The van der Waals surface area contributed by atoms with E-state index in [1.165, 1.54) is 12.4 Å². The summed E-state index contributed by atoms with van der Waals surface area (Å²) in [6.45, 7) is 2.06. The number of nitrogens with one attached hydrogen (secondary N) is 1. The summed E-state index contributed by atoms with van der Waals surface area (Å²) in [5, 5.41) is 3.13. The van der Waals surface area contributed by atoms with Crippen molar-refractivity contribution in [2.45, 2.75) is 19.3 Å². The second-order valence-electron chi connectivity index (χ2n) is 4.45. The average molecular weight is 282 g/mol. The van der Waals surface area contributed by atoms with Gasteiger partial charge in [0.05, 0.1) is 10.6 Å². The van der Waals surface area contributed by atoms with Crippen LogP contribution in [0.3, 0.4) is 0 Å². The van der Waals surface area contributed by atoms with Gasteiger partial charge in [-0.25, -0.2) is 0 Å². The van der Waals surface area contributed by atoms with Crippen LogP contribution in [0.25, 0.3) is 0 Å². The van der Waals surface area contributed by atoms with E-state index in [4.69, 9.17) is 11.6 Å². The van der Waals surface area contributed by atoms with E-state index in [0.29, 0.717) is 30.1 Å². The number of nitrogens with zero attached hydrogens (tertiary/aromatic N) is 2. The minimum Gasteiger partial charge on any atom is -0.352 e. The average Bonchev–Trinajstić information content (AvgIpc) is 2.80. The van der Waals surface area contributed by atoms with Crippen molar-refractivity contribution in [2.75, 3.05) is 19.6 Å². The largest absolute Gasteiger partial charge is 0.352 e. The Morgan fingerprint density at radius 3 is 3.05 bits per heavy atom. The number of carbonyl (C=O) groups excluding carboxylic acids is 2. The van der Waals surface area contributed by atoms with E-state index >= 15 is 0 Å². The lowest BCUT2D eigenvalue weighted by atomic mass is 10.2. The number of amides is 2. The quantitative estimate of drug-likeness (QED) is 0.832. The molecule has 1 aliphatic heterocycles. The highest BCUT2D eigenvalue weighted by Crippen LogP contribution is 2.13. The van der Waals surface area contributed by atoms with E-state index in [0.717, 1.165) is 19.4 Å². The van der Waals surface area contributed by atoms with Crippen molar-refractivity contribution < 1.29 is 9.59 Å². The minimum atomic E-state index is -0.208. The Hall–Kier alpha value is -1.62. The van der Waals surface area contributed by atoms with Gasteiger partial charge in [0.2, 0.25) is 5.91 Å². The summed E-state index contributed by atoms with van der Waals surface area (Å²) in [6, 6.07) is 1.58. The van der Waals surface area contributed by atoms with Crippen molar-refractivity contribution in [2.24, 2.45) is 0 Å². The molecule has 0 spiro atoms. The summed E-state index contributed by atoms with van der Waals surface area (Å²) in [5.41, 5.74) is 0.425. The molecule has 0 radical (unpaired) electrons. The van der Waals surface area contributed by atoms with Gasteiger partial charge in [0.1, 0.15) is 0 Å². The Morgan fingerprint density at radius 1 is 1.53 bits per heavy atom. The number of aromatic nitrogens is 1. The maximum atomic E-state index is 11.8. The van der Waals surface area contributed by atoms with Crippen LogP contribution in [0.5, 0.6) is 0 Å². The third kappa shape index (κ3) is 3.67. The lowest BCUT2D eigenvalue weighted by Gasteiger charge is -2.15. The molecule has 102 valence electrons. The first kappa shape index (κ1) is 13.8. The normalized spacial score (nSPS) is 14.8. The number of pyridine rings is 1. The van der Waals surface area contributed by atoms with Gasteiger partial charge in [-0.3, -0.25) is 14.6 Å². The minimum absolute atomic E-state index is 0.208. The second kappa shape index (κ2) is 6.52. The zero-order valence-electron chi connectivity index (χ0n) is 10.6. The van der Waals surface area contributed by atoms with E-state index in [2.05, 4.69) is 10.3 Å². The van der Waals surface area contributed by atoms with E-state index in [-0.39, 0.29) is 11.8 Å². The smallest absolute Gasteiger partial charge is 0.252 e. The highest BCUT2D eigenvalue weighted by Gasteiger charge is 2.19. The van der Waals surface area contributed by atoms with Crippen LogP contribution in [0.15, 0.2) is 18.5 Å². The van der Waals surface area contributed by atoms with Crippen LogP contribution in [0, 0.1) is 0 Å². The Kier molecular flexibility index (Phi) is 4.74. The molecule has 1 aliphatic rings. The summed E-state index contributed by atoms with van der Waals surface area (Å²) in [4.78, 5) is 28.9. The molecule has 1 saturated heterocycles. The maximum absolute atomic E-state index is 11.8. The number of hydrogen-bond acceptors (Lipinski definition) is 3. The fourth-order valence-electron chi connectivity index (χ4n) is 2.07. The number of halogens is 1. The van der Waals surface area contributed by atoms with Gasteiger partial charge in [0.15, 0.2) is 0 Å². The van der Waals surface area contributed by atoms with E-state index < -0.39 is 0 Å². The highest BCUT2D eigenvalue weighted by molar-refractivity contribution is 6.33. The predicted molar refractivity (Wildman–Crippen MR) is 72.0 cm³/mol. The summed E-state index contributed by atoms with van der Waals surface area (Å²) < 4.78 is 0. The second-order valence-corrected chi connectivity index (χ2v) is 4.86. The summed E-state index contributed by atoms with van der Waals surface area (Å²) in [6.07, 6.45) is 5.32. The van der Waals surface area contributed by atoms with Gasteiger partial charge in [0.25, 0.3) is 5.91 Å². The summed E-state index contributed by atoms with van der Waals surface area (Å²) >= 11 is 5.88. The van der Waals surface area contributed by atoms with E-state index in [1.807, 2.05) is 4.90 Å². The molecule has 0 aromatic carbocycles. The first-order valence-corrected chi connectivity index (χ1v) is 6.72. The Balaban J connectivity index is 1.72. The Morgan fingerprint density at radius 2 is 2.37 bits per heavy atom. The maximum Gasteiger partial charge on any atom is 0.252 e. The Labute approximate surface area is 117 Å². The van der Waals surface area contributed by atoms with Crippen molar-refractivity contribution in [1.82, 2.24) is 15.2 Å². The number of likely N-dealkylation sites (tertiary alicyclic amines) is 1. The van der Waals surface area contributed by atoms with Crippen LogP contribution in [-0.2, 0) is 4.79 Å². The van der Waals surface area contributed by atoms with Gasteiger partial charge in [-0.05, 0) is 18.9 Å². The zero-order valence-corrected chi connectivity index (χ0v) is 11.3. The molecule has 1 aromatic rings. The third-order valence-electron chi connectivity index (χ3n) is 3.08. The molecular weight excluding hydrogens is 266 g/mol. The standard InChI is InChI=1S/C13H16ClN3O2/c14-11-9-15-6-4-10(11)13(19)16-5-2-8-17-7-1-3-12(17)18/h4,6,9H,1-3,5,7-8H2,(H,16,19). The van der Waals surface area contributed by atoms with Gasteiger partial charge in [-0.15, -0.1) is 0 Å². The van der Waals surface area contributed by atoms with Crippen LogP contribution in [-0.4, -0.2) is 41.3 Å². The molecule has 5 nitrogen and oxygen atoms in total. The van der Waals surface area contributed by atoms with Crippen LogP contribution in [0.4, 0.5) is 0 Å². The van der Waals surface area contributed by atoms with Gasteiger partial charge in [-0.1, -0.05) is 11.6 Å². The SMILES string of the molecule is O=C(NCCCN1CCCC1=O)c1ccncc1Cl. The molecule has 1 fully saturated rings. The molecule has 2 rings (SSSR count). The van der Waals surface area contributed by atoms with Crippen molar-refractivity contribution in [3.8, 4) is 0 Å². The zero-order chi connectivity index (χ0) is 13.7. The summed E-state index contributed by atoms with van der Waals surface area (Å²) in [5.74, 6) is 0.00338. The molecular formula is C13H16ClN3O2. The molecule has 0 aliphatic carbocycles. The summed E-state index contributed by atoms with van der Waals surface area (Å²) in [7, 11) is 0. The fraction of sp³-hybridized carbons (Fsp3) is 0.462. The van der Waals surface area contributed by atoms with Gasteiger partial charge in [-0.2, -0.15) is 0 Å². The lowest BCUT2D eigenvalue weighted by molar-refractivity contribution is -0.127. The van der Waals surface area contributed by atoms with Gasteiger partial charge < -0.3 is 10.2 Å². The van der Waals surface area contributed by atoms with Crippen molar-refractivity contribution in [3.63, 3.8) is 0 Å². The van der Waals surface area contributed by atoms with E-state index in [9.17, 15) is 9.59 Å². The highest BCUT2D eigenvalue weighted by atomic mass is 35.5. The van der Waals surface area contributed by atoms with Crippen LogP contribution in [0.2, 0.25) is 5.02 Å². The van der Waals surface area contributed by atoms with Crippen molar-refractivity contribution in [3.05, 3.63) is 29.0 Å². The molecule has 6 heteroatoms. The van der Waals surface area contributed by atoms with Crippen LogP contribution < -0.4 is 5.32 Å². The van der Waals surface area contributed by atoms with Gasteiger partial charge >= 0.3 is 0 Å². The molecule has 2 heterocycles. The monoisotopic (exact) mass is 281 g/mol. The Bertz CT molecular complexity index is 479. The van der Waals surface area contributed by atoms with Gasteiger partial charge in [0, 0.05) is 38.4 Å². The van der Waals surface area contributed by atoms with Crippen LogP contribution in [0.1, 0.15) is 29.6 Å². The molecule has 1 aromatic heterocycles. The van der Waals surface area contributed by atoms with Crippen molar-refractivity contribution >= 4 is 23.4 Å².